The zero-order valence-electron chi connectivity index (χ0n) is 20.2. The van der Waals surface area contributed by atoms with Crippen molar-refractivity contribution in [3.63, 3.8) is 0 Å². The molecule has 0 bridgehead atoms. The molecule has 2 aliphatic heterocycles. The lowest BCUT2D eigenvalue weighted by Crippen LogP contribution is -2.50. The van der Waals surface area contributed by atoms with Crippen LogP contribution >= 0.6 is 0 Å². The van der Waals surface area contributed by atoms with Gasteiger partial charge < -0.3 is 19.6 Å². The Morgan fingerprint density at radius 2 is 1.66 bits per heavy atom. The van der Waals surface area contributed by atoms with Crippen molar-refractivity contribution in [1.82, 2.24) is 9.80 Å². The van der Waals surface area contributed by atoms with Crippen LogP contribution in [0, 0.1) is 25.7 Å². The maximum Gasteiger partial charge on any atom is 0.306 e. The number of hydrogen-bond acceptors (Lipinski definition) is 5. The highest BCUT2D eigenvalue weighted by Crippen LogP contribution is 2.28. The highest BCUT2D eigenvalue weighted by atomic mass is 16.5. The zero-order valence-corrected chi connectivity index (χ0v) is 20.2. The summed E-state index contributed by atoms with van der Waals surface area (Å²) in [6.45, 7) is 11.9. The lowest BCUT2D eigenvalue weighted by atomic mass is 9.91. The van der Waals surface area contributed by atoms with Gasteiger partial charge in [0, 0.05) is 31.5 Å². The van der Waals surface area contributed by atoms with Crippen molar-refractivity contribution in [2.45, 2.75) is 72.3 Å². The van der Waals surface area contributed by atoms with Gasteiger partial charge in [-0.05, 0) is 88.6 Å². The van der Waals surface area contributed by atoms with E-state index in [2.05, 4.69) is 4.90 Å². The Balaban J connectivity index is 1.43. The van der Waals surface area contributed by atoms with Crippen LogP contribution in [0.2, 0.25) is 0 Å². The van der Waals surface area contributed by atoms with E-state index < -0.39 is 0 Å². The number of ether oxygens (including phenoxy) is 1. The van der Waals surface area contributed by atoms with Crippen molar-refractivity contribution in [3.8, 4) is 5.75 Å². The lowest BCUT2D eigenvalue weighted by Gasteiger charge is -2.42. The van der Waals surface area contributed by atoms with Crippen LogP contribution in [0.15, 0.2) is 12.1 Å². The van der Waals surface area contributed by atoms with Crippen LogP contribution in [0.5, 0.6) is 5.75 Å². The molecule has 0 spiro atoms. The van der Waals surface area contributed by atoms with E-state index in [9.17, 15) is 14.7 Å². The number of nitrogens with zero attached hydrogens (tertiary/aromatic N) is 2. The second-order valence-electron chi connectivity index (χ2n) is 9.73. The van der Waals surface area contributed by atoms with E-state index in [0.717, 1.165) is 68.6 Å². The minimum atomic E-state index is -0.0653. The van der Waals surface area contributed by atoms with E-state index in [1.807, 2.05) is 44.7 Å². The highest BCUT2D eigenvalue weighted by molar-refractivity contribution is 5.79. The molecule has 2 saturated heterocycles. The average Bonchev–Trinajstić information content (AvgIpc) is 2.77. The van der Waals surface area contributed by atoms with Gasteiger partial charge in [0.05, 0.1) is 6.61 Å². The quantitative estimate of drug-likeness (QED) is 0.647. The van der Waals surface area contributed by atoms with Gasteiger partial charge in [0.15, 0.2) is 0 Å². The molecule has 1 N–H and O–H groups in total. The normalized spacial score (nSPS) is 19.7. The molecule has 1 amide bonds. The van der Waals surface area contributed by atoms with Gasteiger partial charge in [-0.25, -0.2) is 0 Å². The molecule has 0 unspecified atom stereocenters. The van der Waals surface area contributed by atoms with Gasteiger partial charge in [-0.2, -0.15) is 0 Å². The van der Waals surface area contributed by atoms with Crippen molar-refractivity contribution >= 4 is 11.9 Å². The van der Waals surface area contributed by atoms with Gasteiger partial charge in [-0.15, -0.1) is 0 Å². The Hall–Kier alpha value is -2.08. The Kier molecular flexibility index (Phi) is 8.57. The Morgan fingerprint density at radius 3 is 2.22 bits per heavy atom. The molecular formula is C26H40N2O4. The molecule has 1 aromatic rings. The van der Waals surface area contributed by atoms with Crippen molar-refractivity contribution in [2.75, 3.05) is 32.8 Å². The second-order valence-corrected chi connectivity index (χ2v) is 9.73. The fourth-order valence-corrected chi connectivity index (χ4v) is 5.35. The zero-order chi connectivity index (χ0) is 23.3. The third-order valence-electron chi connectivity index (χ3n) is 7.22. The molecule has 1 atom stereocenters. The summed E-state index contributed by atoms with van der Waals surface area (Å²) in [5, 5.41) is 9.99. The van der Waals surface area contributed by atoms with E-state index in [1.165, 1.54) is 0 Å². The molecule has 0 radical (unpaired) electrons. The summed E-state index contributed by atoms with van der Waals surface area (Å²) in [5.41, 5.74) is 2.84. The summed E-state index contributed by atoms with van der Waals surface area (Å²) in [5.74, 6) is 0.901. The summed E-state index contributed by atoms with van der Waals surface area (Å²) in [4.78, 5) is 29.4. The maximum atomic E-state index is 13.0. The summed E-state index contributed by atoms with van der Waals surface area (Å²) >= 11 is 0. The SMILES string of the molecule is CCOC(=O)CC1CCN(C2CCN(C(=O)[C@H](C)Cc3cc(C)c(O)c(C)c3)CC2)CC1. The first-order chi connectivity index (χ1) is 15.3. The smallest absolute Gasteiger partial charge is 0.306 e. The number of benzene rings is 1. The van der Waals surface area contributed by atoms with Crippen molar-refractivity contribution in [1.29, 1.82) is 0 Å². The van der Waals surface area contributed by atoms with Crippen LogP contribution < -0.4 is 0 Å². The molecule has 0 aromatic heterocycles. The number of phenols is 1. The van der Waals surface area contributed by atoms with Gasteiger partial charge in [0.2, 0.25) is 5.91 Å². The third kappa shape index (κ3) is 6.25. The number of carbonyl (C=O) groups is 2. The maximum absolute atomic E-state index is 13.0. The minimum absolute atomic E-state index is 0.0616. The minimum Gasteiger partial charge on any atom is -0.507 e. The Bertz CT molecular complexity index is 770. The number of phenolic OH excluding ortho intramolecular Hbond substituents is 1. The van der Waals surface area contributed by atoms with Crippen LogP contribution in [-0.2, 0) is 20.7 Å². The van der Waals surface area contributed by atoms with E-state index in [0.29, 0.717) is 37.2 Å². The van der Waals surface area contributed by atoms with Gasteiger partial charge in [0.1, 0.15) is 5.75 Å². The standard InChI is InChI=1S/C26H40N2O4/c1-5-32-24(29)17-21-6-10-27(11-7-21)23-8-12-28(13-9-23)26(31)20(4)16-22-14-18(2)25(30)19(3)15-22/h14-15,20-21,23,30H,5-13,16-17H2,1-4H3/t20-/m1/s1. The second kappa shape index (κ2) is 11.2. The average molecular weight is 445 g/mol. The lowest BCUT2D eigenvalue weighted by molar-refractivity contribution is -0.144. The van der Waals surface area contributed by atoms with E-state index in [-0.39, 0.29) is 17.8 Å². The molecule has 3 rings (SSSR count). The first kappa shape index (κ1) is 24.6. The van der Waals surface area contributed by atoms with Crippen LogP contribution in [0.1, 0.15) is 62.6 Å². The number of rotatable bonds is 7. The summed E-state index contributed by atoms with van der Waals surface area (Å²) < 4.78 is 5.09. The number of esters is 1. The van der Waals surface area contributed by atoms with Gasteiger partial charge in [-0.1, -0.05) is 19.1 Å². The molecule has 6 heteroatoms. The molecule has 6 nitrogen and oxygen atoms in total. The highest BCUT2D eigenvalue weighted by Gasteiger charge is 2.31. The van der Waals surface area contributed by atoms with Gasteiger partial charge in [-0.3, -0.25) is 9.59 Å². The predicted octanol–water partition coefficient (Wildman–Crippen LogP) is 3.84. The number of aromatic hydroxyl groups is 1. The van der Waals surface area contributed by atoms with Crippen molar-refractivity contribution < 1.29 is 19.4 Å². The van der Waals surface area contributed by atoms with Crippen LogP contribution in [-0.4, -0.2) is 65.6 Å². The van der Waals surface area contributed by atoms with E-state index >= 15 is 0 Å². The van der Waals surface area contributed by atoms with Crippen LogP contribution in [0.25, 0.3) is 0 Å². The molecule has 2 aliphatic rings. The molecule has 0 saturated carbocycles. The van der Waals surface area contributed by atoms with E-state index in [4.69, 9.17) is 4.74 Å². The first-order valence-corrected chi connectivity index (χ1v) is 12.3. The molecule has 1 aromatic carbocycles. The number of likely N-dealkylation sites (tertiary alicyclic amines) is 2. The van der Waals surface area contributed by atoms with Crippen molar-refractivity contribution in [2.24, 2.45) is 11.8 Å². The number of carbonyl (C=O) groups excluding carboxylic acids is 2. The topological polar surface area (TPSA) is 70.1 Å². The number of hydrogen-bond donors (Lipinski definition) is 1. The summed E-state index contributed by atoms with van der Waals surface area (Å²) in [6, 6.07) is 4.52. The molecule has 178 valence electrons. The molecule has 0 aliphatic carbocycles. The molecular weight excluding hydrogens is 404 g/mol. The van der Waals surface area contributed by atoms with Crippen molar-refractivity contribution in [3.05, 3.63) is 28.8 Å². The molecule has 2 heterocycles. The van der Waals surface area contributed by atoms with Gasteiger partial charge >= 0.3 is 5.97 Å². The first-order valence-electron chi connectivity index (χ1n) is 12.3. The van der Waals surface area contributed by atoms with Crippen LogP contribution in [0.4, 0.5) is 0 Å². The predicted molar refractivity (Wildman–Crippen MR) is 126 cm³/mol. The monoisotopic (exact) mass is 444 g/mol. The third-order valence-corrected chi connectivity index (χ3v) is 7.22. The number of amides is 1. The number of piperidine rings is 2. The fraction of sp³-hybridized carbons (Fsp3) is 0.692. The molecule has 2 fully saturated rings. The summed E-state index contributed by atoms with van der Waals surface area (Å²) in [6.07, 6.45) is 5.42. The largest absolute Gasteiger partial charge is 0.507 e. The Morgan fingerprint density at radius 1 is 1.06 bits per heavy atom. The molecule has 32 heavy (non-hydrogen) atoms. The summed E-state index contributed by atoms with van der Waals surface area (Å²) in [7, 11) is 0. The number of aryl methyl sites for hydroxylation is 2. The fourth-order valence-electron chi connectivity index (χ4n) is 5.35. The van der Waals surface area contributed by atoms with Gasteiger partial charge in [0.25, 0.3) is 0 Å². The Labute approximate surface area is 192 Å². The van der Waals surface area contributed by atoms with E-state index in [1.54, 1.807) is 0 Å². The van der Waals surface area contributed by atoms with Crippen LogP contribution in [0.3, 0.4) is 0 Å².